The van der Waals surface area contributed by atoms with Crippen molar-refractivity contribution in [2.24, 2.45) is 0 Å². The molecule has 0 unspecified atom stereocenters. The molecular formula is C49H36N4O8. The molecule has 0 saturated heterocycles. The van der Waals surface area contributed by atoms with E-state index in [0.717, 1.165) is 20.9 Å². The van der Waals surface area contributed by atoms with Crippen LogP contribution in [0.15, 0.2) is 170 Å². The van der Waals surface area contributed by atoms with Crippen LogP contribution in [0.25, 0.3) is 0 Å². The Morgan fingerprint density at radius 2 is 0.689 bits per heavy atom. The molecule has 0 radical (unpaired) electrons. The zero-order chi connectivity index (χ0) is 42.7. The molecule has 6 aromatic carbocycles. The summed E-state index contributed by atoms with van der Waals surface area (Å²) in [5, 5.41) is 5.66. The van der Waals surface area contributed by atoms with Crippen molar-refractivity contribution in [2.45, 2.75) is 19.3 Å². The van der Waals surface area contributed by atoms with Gasteiger partial charge in [0.2, 0.25) is 0 Å². The molecule has 0 atom stereocenters. The van der Waals surface area contributed by atoms with E-state index < -0.39 is 23.6 Å². The van der Waals surface area contributed by atoms with Crippen molar-refractivity contribution in [3.8, 4) is 23.0 Å². The van der Waals surface area contributed by atoms with Crippen molar-refractivity contribution in [1.29, 1.82) is 0 Å². The number of ether oxygens (including phenoxy) is 2. The van der Waals surface area contributed by atoms with E-state index in [1.165, 1.54) is 24.3 Å². The molecule has 0 saturated carbocycles. The van der Waals surface area contributed by atoms with Crippen LogP contribution in [-0.2, 0) is 24.6 Å². The Labute approximate surface area is 350 Å². The molecule has 2 aliphatic rings. The fourth-order valence-electron chi connectivity index (χ4n) is 6.77. The first-order valence-electron chi connectivity index (χ1n) is 19.1. The van der Waals surface area contributed by atoms with Gasteiger partial charge in [0.05, 0.1) is 11.4 Å². The molecule has 6 amide bonds. The van der Waals surface area contributed by atoms with Gasteiger partial charge in [-0.05, 0) is 132 Å². The lowest BCUT2D eigenvalue weighted by Gasteiger charge is -2.26. The molecule has 0 bridgehead atoms. The zero-order valence-electron chi connectivity index (χ0n) is 32.8. The zero-order valence-corrected chi connectivity index (χ0v) is 32.8. The standard InChI is InChI=1S/C49H36N4O8/c1-49(2,33-7-21-40(22-8-33)60-39-19-5-32(6-20-39)48(59)50-35-11-17-38(18-12-35)53-45(56)29-30-46(53)57)34-9-23-41(24-10-34)61-42-25-13-36(14-26-42)51-47(58)31-3-15-37(16-4-31)52-43(54)27-28-44(52)55/h3-30H,1-2H3,(H,50,59)(H,51,58). The molecule has 0 aromatic heterocycles. The Morgan fingerprint density at radius 3 is 1.05 bits per heavy atom. The maximum absolute atomic E-state index is 12.9. The first kappa shape index (κ1) is 39.4. The van der Waals surface area contributed by atoms with E-state index in [4.69, 9.17) is 9.47 Å². The molecule has 8 rings (SSSR count). The van der Waals surface area contributed by atoms with Gasteiger partial charge >= 0.3 is 0 Å². The third-order valence-electron chi connectivity index (χ3n) is 10.2. The number of rotatable bonds is 12. The second-order valence-electron chi connectivity index (χ2n) is 14.6. The molecule has 2 N–H and O–H groups in total. The number of benzene rings is 6. The van der Waals surface area contributed by atoms with Gasteiger partial charge in [0.15, 0.2) is 0 Å². The number of hydrogen-bond donors (Lipinski definition) is 2. The van der Waals surface area contributed by atoms with E-state index >= 15 is 0 Å². The molecule has 2 aliphatic heterocycles. The summed E-state index contributed by atoms with van der Waals surface area (Å²) in [4.78, 5) is 75.6. The summed E-state index contributed by atoms with van der Waals surface area (Å²) >= 11 is 0. The third-order valence-corrected chi connectivity index (χ3v) is 10.2. The van der Waals surface area contributed by atoms with E-state index in [9.17, 15) is 28.8 Å². The van der Waals surface area contributed by atoms with Crippen molar-refractivity contribution in [3.05, 3.63) is 192 Å². The Bertz CT molecular complexity index is 2700. The average Bonchev–Trinajstić information content (AvgIpc) is 3.79. The number of amides is 6. The maximum Gasteiger partial charge on any atom is 0.258 e. The van der Waals surface area contributed by atoms with Gasteiger partial charge in [0.1, 0.15) is 23.0 Å². The fraction of sp³-hybridized carbons (Fsp3) is 0.0612. The van der Waals surface area contributed by atoms with Crippen molar-refractivity contribution >= 4 is 58.2 Å². The summed E-state index contributed by atoms with van der Waals surface area (Å²) < 4.78 is 12.2. The van der Waals surface area contributed by atoms with Crippen molar-refractivity contribution in [1.82, 2.24) is 0 Å². The predicted octanol–water partition coefficient (Wildman–Crippen LogP) is 8.96. The second kappa shape index (κ2) is 16.5. The molecule has 0 spiro atoms. The SMILES string of the molecule is CC(C)(c1ccc(Oc2ccc(NC(=O)c3ccc(N4C(=O)C=CC4=O)cc3)cc2)cc1)c1ccc(Oc2ccc(C(=O)Nc3ccc(N4C(=O)C=CC4=O)cc3)cc2)cc1. The van der Waals surface area contributed by atoms with Crippen LogP contribution in [-0.4, -0.2) is 35.4 Å². The van der Waals surface area contributed by atoms with Crippen LogP contribution in [0, 0.1) is 0 Å². The van der Waals surface area contributed by atoms with Crippen LogP contribution in [0.2, 0.25) is 0 Å². The number of hydrogen-bond acceptors (Lipinski definition) is 8. The average molecular weight is 809 g/mol. The lowest BCUT2D eigenvalue weighted by atomic mass is 9.78. The number of carbonyl (C=O) groups excluding carboxylic acids is 6. The van der Waals surface area contributed by atoms with Gasteiger partial charge in [-0.1, -0.05) is 38.1 Å². The Balaban J connectivity index is 0.818. The minimum absolute atomic E-state index is 0.323. The molecule has 0 aliphatic carbocycles. The first-order chi connectivity index (χ1) is 29.4. The monoisotopic (exact) mass is 808 g/mol. The number of nitrogens with one attached hydrogen (secondary N) is 2. The lowest BCUT2D eigenvalue weighted by Crippen LogP contribution is -2.29. The van der Waals surface area contributed by atoms with Gasteiger partial charge in [0.25, 0.3) is 35.4 Å². The maximum atomic E-state index is 12.9. The molecule has 12 heteroatoms. The number of nitrogens with zero attached hydrogens (tertiary/aromatic N) is 2. The Hall–Kier alpha value is -8.38. The third kappa shape index (κ3) is 8.59. The summed E-state index contributed by atoms with van der Waals surface area (Å²) in [5.41, 5.74) is 4.50. The van der Waals surface area contributed by atoms with Crippen LogP contribution < -0.4 is 29.9 Å². The Kier molecular flexibility index (Phi) is 10.6. The topological polar surface area (TPSA) is 151 Å². The van der Waals surface area contributed by atoms with Gasteiger partial charge < -0.3 is 20.1 Å². The van der Waals surface area contributed by atoms with Gasteiger partial charge in [-0.15, -0.1) is 0 Å². The molecule has 0 fully saturated rings. The minimum Gasteiger partial charge on any atom is -0.457 e. The summed E-state index contributed by atoms with van der Waals surface area (Å²) in [7, 11) is 0. The van der Waals surface area contributed by atoms with Crippen LogP contribution in [0.4, 0.5) is 22.7 Å². The number of carbonyl (C=O) groups is 6. The fourth-order valence-corrected chi connectivity index (χ4v) is 6.77. The normalized spacial score (nSPS) is 13.5. The smallest absolute Gasteiger partial charge is 0.258 e. The van der Waals surface area contributed by atoms with Crippen LogP contribution in [0.1, 0.15) is 45.7 Å². The Morgan fingerprint density at radius 1 is 0.410 bits per heavy atom. The highest BCUT2D eigenvalue weighted by Gasteiger charge is 2.27. The molecule has 300 valence electrons. The largest absolute Gasteiger partial charge is 0.457 e. The quantitative estimate of drug-likeness (QED) is 0.116. The predicted molar refractivity (Wildman–Crippen MR) is 230 cm³/mol. The van der Waals surface area contributed by atoms with E-state index in [2.05, 4.69) is 24.5 Å². The van der Waals surface area contributed by atoms with Crippen molar-refractivity contribution in [2.75, 3.05) is 20.4 Å². The van der Waals surface area contributed by atoms with Crippen molar-refractivity contribution in [3.63, 3.8) is 0 Å². The van der Waals surface area contributed by atoms with E-state index in [-0.39, 0.29) is 17.2 Å². The summed E-state index contributed by atoms with van der Waals surface area (Å²) in [6, 6.07) is 42.1. The summed E-state index contributed by atoms with van der Waals surface area (Å²) in [5.74, 6) is 0.109. The van der Waals surface area contributed by atoms with Gasteiger partial charge in [-0.25, -0.2) is 9.80 Å². The molecular weight excluding hydrogens is 773 g/mol. The second-order valence-corrected chi connectivity index (χ2v) is 14.6. The molecule has 2 heterocycles. The summed E-state index contributed by atoms with van der Waals surface area (Å²) in [6.07, 6.45) is 4.85. The molecule has 12 nitrogen and oxygen atoms in total. The lowest BCUT2D eigenvalue weighted by molar-refractivity contribution is -0.121. The highest BCUT2D eigenvalue weighted by atomic mass is 16.5. The van der Waals surface area contributed by atoms with Crippen LogP contribution >= 0.6 is 0 Å². The van der Waals surface area contributed by atoms with Gasteiger partial charge in [-0.2, -0.15) is 0 Å². The van der Waals surface area contributed by atoms with Gasteiger partial charge in [0, 0.05) is 52.2 Å². The highest BCUT2D eigenvalue weighted by molar-refractivity contribution is 6.29. The summed E-state index contributed by atoms with van der Waals surface area (Å²) in [6.45, 7) is 4.27. The minimum atomic E-state index is -0.424. The van der Waals surface area contributed by atoms with Crippen molar-refractivity contribution < 1.29 is 38.2 Å². The number of imide groups is 2. The molecule has 6 aromatic rings. The molecule has 61 heavy (non-hydrogen) atoms. The first-order valence-corrected chi connectivity index (χ1v) is 19.1. The van der Waals surface area contributed by atoms with E-state index in [1.54, 1.807) is 97.1 Å². The highest BCUT2D eigenvalue weighted by Crippen LogP contribution is 2.35. The van der Waals surface area contributed by atoms with Crippen LogP contribution in [0.5, 0.6) is 23.0 Å². The van der Waals surface area contributed by atoms with Gasteiger partial charge in [-0.3, -0.25) is 28.8 Å². The van der Waals surface area contributed by atoms with E-state index in [1.807, 2.05) is 48.5 Å². The number of anilines is 4. The van der Waals surface area contributed by atoms with E-state index in [0.29, 0.717) is 56.9 Å². The van der Waals surface area contributed by atoms with Crippen LogP contribution in [0.3, 0.4) is 0 Å².